The molecule has 0 aromatic carbocycles. The molecule has 1 amide bonds. The Bertz CT molecular complexity index is 596. The molecule has 1 aromatic rings. The van der Waals surface area contributed by atoms with Crippen molar-refractivity contribution in [2.24, 2.45) is 5.92 Å². The number of nitrogens with zero attached hydrogens (tertiary/aromatic N) is 3. The van der Waals surface area contributed by atoms with E-state index in [0.29, 0.717) is 30.9 Å². The Morgan fingerprint density at radius 1 is 1.34 bits per heavy atom. The zero-order valence-corrected chi connectivity index (χ0v) is 19.0. The van der Waals surface area contributed by atoms with Crippen molar-refractivity contribution in [3.63, 3.8) is 0 Å². The van der Waals surface area contributed by atoms with Gasteiger partial charge in [-0.15, -0.1) is 0 Å². The van der Waals surface area contributed by atoms with Crippen molar-refractivity contribution in [1.82, 2.24) is 25.3 Å². The van der Waals surface area contributed by atoms with E-state index in [1.165, 1.54) is 11.3 Å². The summed E-state index contributed by atoms with van der Waals surface area (Å²) in [6, 6.07) is 0.346. The van der Waals surface area contributed by atoms with Gasteiger partial charge in [0.2, 0.25) is 5.91 Å². The maximum atomic E-state index is 12.7. The summed E-state index contributed by atoms with van der Waals surface area (Å²) in [5, 5.41) is 10.9. The van der Waals surface area contributed by atoms with E-state index in [9.17, 15) is 4.79 Å². The van der Waals surface area contributed by atoms with E-state index < -0.39 is 0 Å². The molecular formula is C22H41N5O2. The third-order valence-corrected chi connectivity index (χ3v) is 5.86. The lowest BCUT2D eigenvalue weighted by atomic mass is 9.82. The number of amides is 1. The van der Waals surface area contributed by atoms with Crippen LogP contribution in [0.3, 0.4) is 0 Å². The smallest absolute Gasteiger partial charge is 0.225 e. The molecule has 0 radical (unpaired) electrons. The maximum Gasteiger partial charge on any atom is 0.225 e. The number of aromatic amines is 1. The van der Waals surface area contributed by atoms with E-state index in [0.717, 1.165) is 51.9 Å². The Kier molecular flexibility index (Phi) is 10.1. The van der Waals surface area contributed by atoms with Crippen LogP contribution in [0.25, 0.3) is 0 Å². The molecule has 2 N–H and O–H groups in total. The summed E-state index contributed by atoms with van der Waals surface area (Å²) in [5.41, 5.74) is 2.53. The van der Waals surface area contributed by atoms with E-state index in [4.69, 9.17) is 4.74 Å². The molecule has 7 heteroatoms. The molecule has 1 heterocycles. The molecule has 0 bridgehead atoms. The summed E-state index contributed by atoms with van der Waals surface area (Å²) in [6.07, 6.45) is 6.82. The van der Waals surface area contributed by atoms with Crippen LogP contribution in [-0.2, 0) is 16.1 Å². The normalized spacial score (nSPS) is 19.8. The lowest BCUT2D eigenvalue weighted by Crippen LogP contribution is -2.44. The highest BCUT2D eigenvalue weighted by molar-refractivity contribution is 5.76. The second kappa shape index (κ2) is 12.3. The van der Waals surface area contributed by atoms with Gasteiger partial charge in [0.05, 0.1) is 18.7 Å². The number of carbonyl (C=O) groups is 1. The number of methoxy groups -OCH3 is 1. The first kappa shape index (κ1) is 23.8. The van der Waals surface area contributed by atoms with Crippen molar-refractivity contribution in [2.75, 3.05) is 47.4 Å². The highest BCUT2D eigenvalue weighted by atomic mass is 16.5. The molecule has 1 saturated carbocycles. The summed E-state index contributed by atoms with van der Waals surface area (Å²) < 4.78 is 5.12. The van der Waals surface area contributed by atoms with Crippen molar-refractivity contribution in [1.29, 1.82) is 0 Å². The number of likely N-dealkylation sites (N-methyl/N-ethyl adjacent to an activating group) is 2. The van der Waals surface area contributed by atoms with Crippen molar-refractivity contribution < 1.29 is 9.53 Å². The summed E-state index contributed by atoms with van der Waals surface area (Å²) in [7, 11) is 5.79. The van der Waals surface area contributed by atoms with Crippen molar-refractivity contribution in [3.05, 3.63) is 17.5 Å². The van der Waals surface area contributed by atoms with E-state index in [1.807, 2.05) is 7.05 Å². The first-order valence-corrected chi connectivity index (χ1v) is 11.1. The van der Waals surface area contributed by atoms with Crippen LogP contribution >= 0.6 is 0 Å². The molecule has 2 rings (SSSR count). The third kappa shape index (κ3) is 7.39. The van der Waals surface area contributed by atoms with Gasteiger partial charge in [-0.25, -0.2) is 0 Å². The van der Waals surface area contributed by atoms with Crippen LogP contribution < -0.4 is 5.32 Å². The third-order valence-electron chi connectivity index (χ3n) is 5.86. The van der Waals surface area contributed by atoms with Crippen LogP contribution in [0.15, 0.2) is 6.20 Å². The number of nitrogens with one attached hydrogen (secondary N) is 2. The monoisotopic (exact) mass is 407 g/mol. The Morgan fingerprint density at radius 3 is 2.69 bits per heavy atom. The number of ether oxygens (including phenoxy) is 1. The van der Waals surface area contributed by atoms with E-state index in [2.05, 4.69) is 52.4 Å². The average molecular weight is 408 g/mol. The van der Waals surface area contributed by atoms with Crippen LogP contribution in [0.5, 0.6) is 0 Å². The minimum Gasteiger partial charge on any atom is -0.384 e. The van der Waals surface area contributed by atoms with Crippen LogP contribution in [0.1, 0.15) is 63.1 Å². The largest absolute Gasteiger partial charge is 0.384 e. The molecule has 29 heavy (non-hydrogen) atoms. The number of carbonyl (C=O) groups excluding carboxylic acids is 1. The zero-order chi connectivity index (χ0) is 21.2. The van der Waals surface area contributed by atoms with Crippen molar-refractivity contribution in [2.45, 2.75) is 64.5 Å². The van der Waals surface area contributed by atoms with Gasteiger partial charge in [0.25, 0.3) is 0 Å². The Balaban J connectivity index is 1.95. The van der Waals surface area contributed by atoms with Gasteiger partial charge >= 0.3 is 0 Å². The summed E-state index contributed by atoms with van der Waals surface area (Å²) in [5.74, 6) is 1.20. The second-order valence-electron chi connectivity index (χ2n) is 8.83. The Morgan fingerprint density at radius 2 is 2.07 bits per heavy atom. The summed E-state index contributed by atoms with van der Waals surface area (Å²) in [6.45, 7) is 8.62. The molecule has 0 aliphatic heterocycles. The van der Waals surface area contributed by atoms with Gasteiger partial charge in [0.1, 0.15) is 0 Å². The van der Waals surface area contributed by atoms with Crippen molar-refractivity contribution in [3.8, 4) is 0 Å². The van der Waals surface area contributed by atoms with E-state index in [1.54, 1.807) is 7.11 Å². The number of rotatable bonds is 12. The number of hydrogen-bond donors (Lipinski definition) is 2. The first-order chi connectivity index (χ1) is 14.0. The maximum absolute atomic E-state index is 12.7. The van der Waals surface area contributed by atoms with E-state index in [-0.39, 0.29) is 5.91 Å². The van der Waals surface area contributed by atoms with E-state index >= 15 is 0 Å². The Hall–Kier alpha value is -1.44. The Labute approximate surface area is 176 Å². The SMILES string of the molecule is CNCCN(C)Cc1c[nH]nc1[C@H]1CC[C@@H](N(CC(C)C)C(=O)CCOC)CC1. The topological polar surface area (TPSA) is 73.5 Å². The molecule has 7 nitrogen and oxygen atoms in total. The fraction of sp³-hybridized carbons (Fsp3) is 0.818. The number of aromatic nitrogens is 2. The van der Waals surface area contributed by atoms with Crippen LogP contribution in [0.4, 0.5) is 0 Å². The van der Waals surface area contributed by atoms with Gasteiger partial charge in [-0.2, -0.15) is 5.10 Å². The molecule has 0 atom stereocenters. The quantitative estimate of drug-likeness (QED) is 0.557. The highest BCUT2D eigenvalue weighted by Gasteiger charge is 2.31. The average Bonchev–Trinajstić information content (AvgIpc) is 3.16. The summed E-state index contributed by atoms with van der Waals surface area (Å²) >= 11 is 0. The highest BCUT2D eigenvalue weighted by Crippen LogP contribution is 2.36. The fourth-order valence-corrected chi connectivity index (χ4v) is 4.32. The molecule has 1 aliphatic rings. The number of hydrogen-bond acceptors (Lipinski definition) is 5. The van der Waals surface area contributed by atoms with Crippen molar-refractivity contribution >= 4 is 5.91 Å². The van der Waals surface area contributed by atoms with Crippen LogP contribution in [0.2, 0.25) is 0 Å². The molecule has 1 aliphatic carbocycles. The molecule has 1 fully saturated rings. The standard InChI is InChI=1S/C22H41N5O2/c1-17(2)15-27(21(28)10-13-29-5)20-8-6-18(7-9-20)22-19(14-24-25-22)16-26(4)12-11-23-3/h14,17-18,20,23H,6-13,15-16H2,1-5H3,(H,24,25)/t18-,20+. The van der Waals surface area contributed by atoms with Crippen LogP contribution in [0, 0.1) is 5.92 Å². The van der Waals surface area contributed by atoms with Crippen LogP contribution in [-0.4, -0.2) is 79.4 Å². The molecule has 1 aromatic heterocycles. The minimum atomic E-state index is 0.232. The predicted octanol–water partition coefficient (Wildman–Crippen LogP) is 2.61. The van der Waals surface area contributed by atoms with Gasteiger partial charge < -0.3 is 19.9 Å². The minimum absolute atomic E-state index is 0.232. The fourth-order valence-electron chi connectivity index (χ4n) is 4.32. The van der Waals surface area contributed by atoms with Gasteiger partial charge in [-0.1, -0.05) is 13.8 Å². The predicted molar refractivity (Wildman–Crippen MR) is 117 cm³/mol. The lowest BCUT2D eigenvalue weighted by molar-refractivity contribution is -0.135. The van der Waals surface area contributed by atoms with Gasteiger partial charge in [0, 0.05) is 57.0 Å². The molecule has 0 spiro atoms. The molecule has 166 valence electrons. The van der Waals surface area contributed by atoms with Gasteiger partial charge in [-0.3, -0.25) is 9.89 Å². The summed E-state index contributed by atoms with van der Waals surface area (Å²) in [4.78, 5) is 17.2. The lowest BCUT2D eigenvalue weighted by Gasteiger charge is -2.38. The number of H-pyrrole nitrogens is 1. The molecular weight excluding hydrogens is 366 g/mol. The van der Waals surface area contributed by atoms with Gasteiger partial charge in [0.15, 0.2) is 0 Å². The second-order valence-corrected chi connectivity index (χ2v) is 8.83. The zero-order valence-electron chi connectivity index (χ0n) is 19.0. The molecule has 0 saturated heterocycles. The molecule has 0 unspecified atom stereocenters. The first-order valence-electron chi connectivity index (χ1n) is 11.1. The van der Waals surface area contributed by atoms with Gasteiger partial charge in [-0.05, 0) is 45.7 Å².